The lowest BCUT2D eigenvalue weighted by molar-refractivity contribution is 0.940. The fraction of sp³-hybridized carbons (Fsp3) is 0.200. The Labute approximate surface area is 157 Å². The van der Waals surface area contributed by atoms with Gasteiger partial charge in [-0.3, -0.25) is 19.3 Å². The summed E-state index contributed by atoms with van der Waals surface area (Å²) in [6, 6.07) is 11.5. The van der Waals surface area contributed by atoms with Crippen LogP contribution in [-0.2, 0) is 6.42 Å². The number of nitrogens with one attached hydrogen (secondary N) is 1. The normalized spacial score (nSPS) is 11.4. The quantitative estimate of drug-likeness (QED) is 0.536. The Morgan fingerprint density at radius 3 is 2.56 bits per heavy atom. The third kappa shape index (κ3) is 3.44. The van der Waals surface area contributed by atoms with E-state index in [9.17, 15) is 4.79 Å². The second-order valence-electron chi connectivity index (χ2n) is 5.92. The second kappa shape index (κ2) is 7.82. The van der Waals surface area contributed by atoms with E-state index in [-0.39, 0.29) is 17.0 Å². The van der Waals surface area contributed by atoms with Gasteiger partial charge in [0.1, 0.15) is 17.2 Å². The minimum absolute atomic E-state index is 0.133. The molecule has 0 radical (unpaired) electrons. The van der Waals surface area contributed by atoms with Gasteiger partial charge in [-0.1, -0.05) is 19.1 Å². The first-order chi connectivity index (χ1) is 13.1. The molecule has 3 N–H and O–H groups in total. The zero-order valence-electron chi connectivity index (χ0n) is 15.6. The minimum Gasteiger partial charge on any atom is -0.383 e. The number of rotatable bonds is 5. The highest BCUT2D eigenvalue weighted by Crippen LogP contribution is 2.22. The number of nitrogens with zero attached hydrogens (tertiary/aromatic N) is 4. The van der Waals surface area contributed by atoms with Crippen LogP contribution in [0.4, 0.5) is 5.82 Å². The van der Waals surface area contributed by atoms with Crippen LogP contribution in [-0.4, -0.2) is 34.5 Å². The van der Waals surface area contributed by atoms with Crippen LogP contribution in [0.1, 0.15) is 18.1 Å². The molecule has 3 aromatic rings. The Morgan fingerprint density at radius 2 is 2.00 bits per heavy atom. The molecule has 1 aromatic carbocycles. The fourth-order valence-corrected chi connectivity index (χ4v) is 2.85. The lowest BCUT2D eigenvalue weighted by atomic mass is 10.1. The number of anilines is 1. The molecular weight excluding hydrogens is 340 g/mol. The summed E-state index contributed by atoms with van der Waals surface area (Å²) in [6.45, 7) is 2.09. The smallest absolute Gasteiger partial charge is 0.271 e. The fourth-order valence-electron chi connectivity index (χ4n) is 2.85. The highest BCUT2D eigenvalue weighted by molar-refractivity contribution is 6.01. The number of hydrogen-bond acceptors (Lipinski definition) is 5. The molecule has 27 heavy (non-hydrogen) atoms. The van der Waals surface area contributed by atoms with Gasteiger partial charge in [-0.05, 0) is 36.2 Å². The number of nitrogens with two attached hydrogens (primary N) is 1. The van der Waals surface area contributed by atoms with E-state index in [4.69, 9.17) is 5.73 Å². The van der Waals surface area contributed by atoms with Gasteiger partial charge in [-0.2, -0.15) is 0 Å². The van der Waals surface area contributed by atoms with Gasteiger partial charge in [0.05, 0.1) is 5.69 Å². The average Bonchev–Trinajstić information content (AvgIpc) is 2.73. The average molecular weight is 362 g/mol. The van der Waals surface area contributed by atoms with Crippen molar-refractivity contribution >= 4 is 11.7 Å². The predicted molar refractivity (Wildman–Crippen MR) is 109 cm³/mol. The first-order valence-corrected chi connectivity index (χ1v) is 8.67. The molecule has 0 spiro atoms. The van der Waals surface area contributed by atoms with Crippen molar-refractivity contribution < 1.29 is 0 Å². The Morgan fingerprint density at radius 1 is 1.26 bits per heavy atom. The zero-order valence-corrected chi connectivity index (χ0v) is 15.6. The van der Waals surface area contributed by atoms with Crippen molar-refractivity contribution in [2.24, 2.45) is 10.7 Å². The number of benzene rings is 1. The Balaban J connectivity index is 2.38. The Bertz CT molecular complexity index is 1020. The molecule has 0 fully saturated rings. The molecule has 3 rings (SSSR count). The van der Waals surface area contributed by atoms with Crippen LogP contribution < -0.4 is 16.6 Å². The van der Waals surface area contributed by atoms with Crippen LogP contribution in [0.5, 0.6) is 0 Å². The summed E-state index contributed by atoms with van der Waals surface area (Å²) in [6.07, 6.45) is 4.27. The molecule has 2 heterocycles. The molecule has 2 aromatic heterocycles. The van der Waals surface area contributed by atoms with Crippen molar-refractivity contribution in [1.29, 1.82) is 0 Å². The van der Waals surface area contributed by atoms with Crippen molar-refractivity contribution in [2.75, 3.05) is 19.4 Å². The van der Waals surface area contributed by atoms with Gasteiger partial charge in [0, 0.05) is 32.1 Å². The molecule has 0 aliphatic heterocycles. The SMILES string of the molecule is CCc1ccc(-n2c(-c3cccnc3)nc(NC)c(C(N)=NC)c2=O)cc1. The molecule has 0 bridgehead atoms. The van der Waals surface area contributed by atoms with Crippen molar-refractivity contribution in [3.63, 3.8) is 0 Å². The molecule has 0 unspecified atom stereocenters. The van der Waals surface area contributed by atoms with E-state index in [0.717, 1.165) is 12.0 Å². The number of pyridine rings is 1. The maximum atomic E-state index is 13.4. The van der Waals surface area contributed by atoms with Gasteiger partial charge in [0.15, 0.2) is 5.82 Å². The van der Waals surface area contributed by atoms with Crippen LogP contribution in [0.3, 0.4) is 0 Å². The first-order valence-electron chi connectivity index (χ1n) is 8.67. The minimum atomic E-state index is -0.291. The number of aromatic nitrogens is 3. The number of amidine groups is 1. The summed E-state index contributed by atoms with van der Waals surface area (Å²) in [4.78, 5) is 26.2. The van der Waals surface area contributed by atoms with Gasteiger partial charge in [-0.25, -0.2) is 4.98 Å². The molecule has 0 saturated carbocycles. The van der Waals surface area contributed by atoms with E-state index in [1.807, 2.05) is 30.3 Å². The van der Waals surface area contributed by atoms with E-state index in [2.05, 4.69) is 27.2 Å². The maximum absolute atomic E-state index is 13.4. The summed E-state index contributed by atoms with van der Waals surface area (Å²) in [7, 11) is 3.24. The van der Waals surface area contributed by atoms with Crippen molar-refractivity contribution in [2.45, 2.75) is 13.3 Å². The summed E-state index contributed by atoms with van der Waals surface area (Å²) in [5, 5.41) is 2.95. The second-order valence-corrected chi connectivity index (χ2v) is 5.92. The topological polar surface area (TPSA) is 98.2 Å². The standard InChI is InChI=1S/C20H22N6O/c1-4-13-7-9-15(10-8-13)26-19(14-6-5-11-24-12-14)25-18(23-3)16(20(26)27)17(21)22-2/h5-12,23H,4H2,1-3H3,(H2,21,22). The lowest BCUT2D eigenvalue weighted by Gasteiger charge is -2.17. The Hall–Kier alpha value is -3.48. The van der Waals surface area contributed by atoms with Gasteiger partial charge in [0.25, 0.3) is 5.56 Å². The van der Waals surface area contributed by atoms with Crippen LogP contribution in [0, 0.1) is 0 Å². The molecule has 7 nitrogen and oxygen atoms in total. The van der Waals surface area contributed by atoms with Crippen LogP contribution >= 0.6 is 0 Å². The van der Waals surface area contributed by atoms with Gasteiger partial charge in [0.2, 0.25) is 0 Å². The summed E-state index contributed by atoms with van der Waals surface area (Å²) in [5.41, 5.74) is 8.56. The monoisotopic (exact) mass is 362 g/mol. The van der Waals surface area contributed by atoms with E-state index in [0.29, 0.717) is 17.3 Å². The van der Waals surface area contributed by atoms with Crippen molar-refractivity contribution in [3.05, 3.63) is 70.3 Å². The van der Waals surface area contributed by atoms with E-state index in [1.54, 1.807) is 37.1 Å². The molecule has 7 heteroatoms. The predicted octanol–water partition coefficient (Wildman–Crippen LogP) is 2.23. The summed E-state index contributed by atoms with van der Waals surface area (Å²) in [5.74, 6) is 0.992. The lowest BCUT2D eigenvalue weighted by Crippen LogP contribution is -2.32. The Kier molecular flexibility index (Phi) is 5.30. The molecule has 0 aliphatic rings. The molecule has 0 atom stereocenters. The third-order valence-electron chi connectivity index (χ3n) is 4.34. The largest absolute Gasteiger partial charge is 0.383 e. The molecule has 0 aliphatic carbocycles. The van der Waals surface area contributed by atoms with Gasteiger partial charge >= 0.3 is 0 Å². The number of aryl methyl sites for hydroxylation is 1. The van der Waals surface area contributed by atoms with Crippen molar-refractivity contribution in [1.82, 2.24) is 14.5 Å². The third-order valence-corrected chi connectivity index (χ3v) is 4.34. The van der Waals surface area contributed by atoms with Gasteiger partial charge in [-0.15, -0.1) is 0 Å². The zero-order chi connectivity index (χ0) is 19.4. The van der Waals surface area contributed by atoms with E-state index < -0.39 is 0 Å². The van der Waals surface area contributed by atoms with Gasteiger partial charge < -0.3 is 11.1 Å². The van der Waals surface area contributed by atoms with Crippen molar-refractivity contribution in [3.8, 4) is 17.1 Å². The molecule has 0 amide bonds. The van der Waals surface area contributed by atoms with E-state index >= 15 is 0 Å². The number of hydrogen-bond donors (Lipinski definition) is 2. The molecular formula is C20H22N6O. The highest BCUT2D eigenvalue weighted by Gasteiger charge is 2.20. The first kappa shape index (κ1) is 18.3. The maximum Gasteiger partial charge on any atom is 0.271 e. The van der Waals surface area contributed by atoms with Crippen LogP contribution in [0.15, 0.2) is 58.6 Å². The summed E-state index contributed by atoms with van der Waals surface area (Å²) >= 11 is 0. The van der Waals surface area contributed by atoms with Crippen LogP contribution in [0.2, 0.25) is 0 Å². The molecule has 0 saturated heterocycles. The highest BCUT2D eigenvalue weighted by atomic mass is 16.1. The molecule has 138 valence electrons. The summed E-state index contributed by atoms with van der Waals surface area (Å²) < 4.78 is 1.55. The number of aliphatic imine (C=N–C) groups is 1. The van der Waals surface area contributed by atoms with Crippen LogP contribution in [0.25, 0.3) is 17.1 Å². The van der Waals surface area contributed by atoms with E-state index in [1.165, 1.54) is 5.56 Å².